The van der Waals surface area contributed by atoms with Gasteiger partial charge >= 0.3 is 0 Å². The number of carbonyl (C=O) groups is 2. The van der Waals surface area contributed by atoms with Crippen molar-refractivity contribution in [2.45, 2.75) is 19.4 Å². The van der Waals surface area contributed by atoms with Crippen molar-refractivity contribution in [2.75, 3.05) is 13.1 Å². The highest BCUT2D eigenvalue weighted by molar-refractivity contribution is 9.10. The van der Waals surface area contributed by atoms with Gasteiger partial charge < -0.3 is 10.2 Å². The Morgan fingerprint density at radius 1 is 1.28 bits per heavy atom. The Morgan fingerprint density at radius 2 is 2.16 bits per heavy atom. The fourth-order valence-corrected chi connectivity index (χ4v) is 3.41. The first kappa shape index (κ1) is 17.6. The molecule has 1 saturated heterocycles. The van der Waals surface area contributed by atoms with Gasteiger partial charge in [0.15, 0.2) is 0 Å². The van der Waals surface area contributed by atoms with E-state index in [1.807, 2.05) is 42.5 Å². The lowest BCUT2D eigenvalue weighted by Crippen LogP contribution is -2.34. The highest BCUT2D eigenvalue weighted by Crippen LogP contribution is 2.21. The molecule has 3 rings (SSSR count). The molecule has 2 aromatic rings. The Morgan fingerprint density at radius 3 is 2.92 bits per heavy atom. The van der Waals surface area contributed by atoms with Crippen LogP contribution in [0.25, 0.3) is 0 Å². The van der Waals surface area contributed by atoms with E-state index >= 15 is 0 Å². The lowest BCUT2D eigenvalue weighted by Gasteiger charge is -2.17. The van der Waals surface area contributed by atoms with Crippen molar-refractivity contribution in [3.05, 3.63) is 64.4 Å². The van der Waals surface area contributed by atoms with E-state index in [0.29, 0.717) is 26.1 Å². The van der Waals surface area contributed by atoms with Crippen molar-refractivity contribution in [3.63, 3.8) is 0 Å². The number of nitrogens with zero attached hydrogens (tertiary/aromatic N) is 2. The second kappa shape index (κ2) is 8.25. The molecule has 1 aliphatic rings. The summed E-state index contributed by atoms with van der Waals surface area (Å²) in [6.45, 7) is 1.54. The van der Waals surface area contributed by atoms with Crippen LogP contribution in [-0.4, -0.2) is 34.8 Å². The van der Waals surface area contributed by atoms with E-state index in [1.54, 1.807) is 11.1 Å². The second-order valence-electron chi connectivity index (χ2n) is 6.17. The largest absolute Gasteiger partial charge is 0.355 e. The van der Waals surface area contributed by atoms with Gasteiger partial charge in [-0.25, -0.2) is 0 Å². The minimum atomic E-state index is -0.275. The molecule has 2 heterocycles. The molecule has 25 heavy (non-hydrogen) atoms. The summed E-state index contributed by atoms with van der Waals surface area (Å²) in [6.07, 6.45) is 2.71. The van der Waals surface area contributed by atoms with Crippen molar-refractivity contribution in [1.29, 1.82) is 0 Å². The van der Waals surface area contributed by atoms with Crippen LogP contribution in [0.4, 0.5) is 0 Å². The van der Waals surface area contributed by atoms with Gasteiger partial charge in [0.05, 0.1) is 5.92 Å². The first-order valence-corrected chi connectivity index (χ1v) is 9.11. The molecule has 1 fully saturated rings. The number of rotatable bonds is 6. The maximum absolute atomic E-state index is 12.3. The van der Waals surface area contributed by atoms with Gasteiger partial charge in [-0.3, -0.25) is 14.6 Å². The zero-order valence-corrected chi connectivity index (χ0v) is 15.4. The highest BCUT2D eigenvalue weighted by Gasteiger charge is 2.34. The van der Waals surface area contributed by atoms with Gasteiger partial charge in [0, 0.05) is 48.8 Å². The van der Waals surface area contributed by atoms with Crippen LogP contribution in [0.5, 0.6) is 0 Å². The normalized spacial score (nSPS) is 16.9. The Bertz CT molecular complexity index is 751. The van der Waals surface area contributed by atoms with Crippen LogP contribution in [0.3, 0.4) is 0 Å². The van der Waals surface area contributed by atoms with E-state index in [1.165, 1.54) is 0 Å². The quantitative estimate of drug-likeness (QED) is 0.808. The van der Waals surface area contributed by atoms with Gasteiger partial charge in [0.1, 0.15) is 0 Å². The molecule has 0 unspecified atom stereocenters. The number of carbonyl (C=O) groups excluding carboxylic acids is 2. The SMILES string of the molecule is O=C(NCCc1ccccn1)[C@H]1CC(=O)N(Cc2cccc(Br)c2)C1. The first-order valence-electron chi connectivity index (χ1n) is 8.31. The van der Waals surface area contributed by atoms with Gasteiger partial charge in [-0.05, 0) is 29.8 Å². The Labute approximate surface area is 155 Å². The van der Waals surface area contributed by atoms with Crippen LogP contribution < -0.4 is 5.32 Å². The summed E-state index contributed by atoms with van der Waals surface area (Å²) in [5, 5.41) is 2.92. The number of halogens is 1. The average Bonchev–Trinajstić information content (AvgIpc) is 2.97. The number of likely N-dealkylation sites (tertiary alicyclic amines) is 1. The number of pyridine rings is 1. The van der Waals surface area contributed by atoms with Crippen molar-refractivity contribution in [1.82, 2.24) is 15.2 Å². The molecule has 0 aliphatic carbocycles. The summed E-state index contributed by atoms with van der Waals surface area (Å²) >= 11 is 3.44. The molecule has 2 amide bonds. The Balaban J connectivity index is 1.48. The van der Waals surface area contributed by atoms with Crippen LogP contribution in [0.2, 0.25) is 0 Å². The third-order valence-corrected chi connectivity index (χ3v) is 4.75. The minimum Gasteiger partial charge on any atom is -0.355 e. The van der Waals surface area contributed by atoms with Gasteiger partial charge in [0.25, 0.3) is 0 Å². The third-order valence-electron chi connectivity index (χ3n) is 4.25. The molecule has 5 nitrogen and oxygen atoms in total. The lowest BCUT2D eigenvalue weighted by molar-refractivity contribution is -0.129. The molecular weight excluding hydrogens is 382 g/mol. The molecule has 1 atom stereocenters. The van der Waals surface area contributed by atoms with E-state index < -0.39 is 0 Å². The van der Waals surface area contributed by atoms with E-state index in [-0.39, 0.29) is 24.2 Å². The molecule has 1 N–H and O–H groups in total. The maximum atomic E-state index is 12.3. The lowest BCUT2D eigenvalue weighted by atomic mass is 10.1. The third kappa shape index (κ3) is 4.89. The van der Waals surface area contributed by atoms with Gasteiger partial charge in [-0.1, -0.05) is 34.1 Å². The average molecular weight is 402 g/mol. The number of hydrogen-bond acceptors (Lipinski definition) is 3. The summed E-state index contributed by atoms with van der Waals surface area (Å²) in [7, 11) is 0. The minimum absolute atomic E-state index is 0.0323. The number of hydrogen-bond donors (Lipinski definition) is 1. The van der Waals surface area contributed by atoms with Crippen LogP contribution in [-0.2, 0) is 22.6 Å². The molecule has 0 spiro atoms. The van der Waals surface area contributed by atoms with Crippen molar-refractivity contribution >= 4 is 27.7 Å². The monoisotopic (exact) mass is 401 g/mol. The number of nitrogens with one attached hydrogen (secondary N) is 1. The zero-order chi connectivity index (χ0) is 17.6. The number of aromatic nitrogens is 1. The summed E-state index contributed by atoms with van der Waals surface area (Å²) in [5.74, 6) is -0.297. The van der Waals surface area contributed by atoms with Crippen LogP contribution in [0.15, 0.2) is 53.1 Å². The highest BCUT2D eigenvalue weighted by atomic mass is 79.9. The fraction of sp³-hybridized carbons (Fsp3) is 0.316. The van der Waals surface area contributed by atoms with Crippen molar-refractivity contribution in [2.24, 2.45) is 5.92 Å². The predicted octanol–water partition coefficient (Wildman–Crippen LogP) is 2.55. The van der Waals surface area contributed by atoms with E-state index in [9.17, 15) is 9.59 Å². The van der Waals surface area contributed by atoms with Gasteiger partial charge in [-0.2, -0.15) is 0 Å². The number of benzene rings is 1. The Kier molecular flexibility index (Phi) is 5.81. The fourth-order valence-electron chi connectivity index (χ4n) is 2.96. The molecule has 6 heteroatoms. The molecule has 1 aromatic carbocycles. The maximum Gasteiger partial charge on any atom is 0.225 e. The van der Waals surface area contributed by atoms with Crippen LogP contribution >= 0.6 is 15.9 Å². The summed E-state index contributed by atoms with van der Waals surface area (Å²) in [4.78, 5) is 30.5. The smallest absolute Gasteiger partial charge is 0.225 e. The summed E-state index contributed by atoms with van der Waals surface area (Å²) in [6, 6.07) is 13.6. The van der Waals surface area contributed by atoms with E-state index in [0.717, 1.165) is 15.7 Å². The summed E-state index contributed by atoms with van der Waals surface area (Å²) < 4.78 is 0.987. The van der Waals surface area contributed by atoms with E-state index in [2.05, 4.69) is 26.2 Å². The molecule has 1 aromatic heterocycles. The van der Waals surface area contributed by atoms with Gasteiger partial charge in [0.2, 0.25) is 11.8 Å². The molecule has 0 saturated carbocycles. The van der Waals surface area contributed by atoms with Crippen LogP contribution in [0, 0.1) is 5.92 Å². The van der Waals surface area contributed by atoms with Crippen molar-refractivity contribution in [3.8, 4) is 0 Å². The number of amides is 2. The standard InChI is InChI=1S/C19H20BrN3O2/c20-16-5-3-4-14(10-16)12-23-13-15(11-18(23)24)19(25)22-9-7-17-6-1-2-8-21-17/h1-6,8,10,15H,7,9,11-13H2,(H,22,25)/t15-/m0/s1. The first-order chi connectivity index (χ1) is 12.1. The second-order valence-corrected chi connectivity index (χ2v) is 7.08. The van der Waals surface area contributed by atoms with Crippen LogP contribution in [0.1, 0.15) is 17.7 Å². The molecule has 0 bridgehead atoms. The van der Waals surface area contributed by atoms with E-state index in [4.69, 9.17) is 0 Å². The summed E-state index contributed by atoms with van der Waals surface area (Å²) in [5.41, 5.74) is 2.00. The molecule has 0 radical (unpaired) electrons. The molecule has 1 aliphatic heterocycles. The zero-order valence-electron chi connectivity index (χ0n) is 13.8. The molecular formula is C19H20BrN3O2. The predicted molar refractivity (Wildman–Crippen MR) is 98.6 cm³/mol. The molecule has 130 valence electrons. The Hall–Kier alpha value is -2.21. The topological polar surface area (TPSA) is 62.3 Å². The van der Waals surface area contributed by atoms with Gasteiger partial charge in [-0.15, -0.1) is 0 Å². The van der Waals surface area contributed by atoms with Crippen molar-refractivity contribution < 1.29 is 9.59 Å².